The smallest absolute Gasteiger partial charge is 0.263 e. The first-order chi connectivity index (χ1) is 15.5. The van der Waals surface area contributed by atoms with Gasteiger partial charge in [-0.2, -0.15) is 0 Å². The quantitative estimate of drug-likeness (QED) is 0.453. The van der Waals surface area contributed by atoms with Gasteiger partial charge in [-0.25, -0.2) is 13.4 Å². The standard InChI is InChI=1S/C24H17N3O3S2/c28-23-20-9-5-4-8-19(20)22(21(23)16-6-2-1-3-7-16)26-17-10-12-18(13-11-17)32(29,30)27-24-25-14-15-31-24/h1-15,21H,(H,25,27). The molecule has 0 fully saturated rings. The van der Waals surface area contributed by atoms with Gasteiger partial charge in [0.2, 0.25) is 0 Å². The van der Waals surface area contributed by atoms with E-state index in [4.69, 9.17) is 4.99 Å². The van der Waals surface area contributed by atoms with Crippen molar-refractivity contribution in [2.75, 3.05) is 4.72 Å². The molecule has 3 aromatic carbocycles. The van der Waals surface area contributed by atoms with E-state index in [2.05, 4.69) is 9.71 Å². The first-order valence-corrected chi connectivity index (χ1v) is 12.2. The maximum atomic E-state index is 13.2. The molecule has 1 aromatic heterocycles. The monoisotopic (exact) mass is 459 g/mol. The molecule has 1 aliphatic carbocycles. The van der Waals surface area contributed by atoms with Crippen molar-refractivity contribution in [3.63, 3.8) is 0 Å². The second-order valence-corrected chi connectivity index (χ2v) is 9.76. The molecule has 0 saturated heterocycles. The minimum Gasteiger partial charge on any atom is -0.293 e. The molecular formula is C24H17N3O3S2. The van der Waals surface area contributed by atoms with Crippen LogP contribution in [0.4, 0.5) is 10.8 Å². The number of nitrogens with zero attached hydrogens (tertiary/aromatic N) is 2. The fourth-order valence-electron chi connectivity index (χ4n) is 3.72. The molecule has 0 saturated carbocycles. The summed E-state index contributed by atoms with van der Waals surface area (Å²) in [7, 11) is -3.74. The van der Waals surface area contributed by atoms with E-state index in [0.717, 1.165) is 11.1 Å². The molecular weight excluding hydrogens is 442 g/mol. The number of benzene rings is 3. The van der Waals surface area contributed by atoms with Crippen LogP contribution in [0.5, 0.6) is 0 Å². The summed E-state index contributed by atoms with van der Waals surface area (Å²) >= 11 is 1.21. The number of Topliss-reactive ketones (excluding diaryl/α,β-unsaturated/α-hetero) is 1. The predicted octanol–water partition coefficient (Wildman–Crippen LogP) is 5.04. The highest BCUT2D eigenvalue weighted by atomic mass is 32.2. The Hall–Kier alpha value is -3.62. The van der Waals surface area contributed by atoms with Crippen LogP contribution in [0.25, 0.3) is 0 Å². The third-order valence-corrected chi connectivity index (χ3v) is 7.36. The number of ketones is 1. The molecule has 0 radical (unpaired) electrons. The molecule has 1 heterocycles. The average molecular weight is 460 g/mol. The zero-order valence-corrected chi connectivity index (χ0v) is 18.3. The van der Waals surface area contributed by atoms with E-state index in [9.17, 15) is 13.2 Å². The van der Waals surface area contributed by atoms with Gasteiger partial charge in [-0.1, -0.05) is 54.6 Å². The zero-order valence-electron chi connectivity index (χ0n) is 16.7. The number of anilines is 1. The Kier molecular flexibility index (Phi) is 5.16. The molecule has 1 aliphatic rings. The molecule has 1 unspecified atom stereocenters. The SMILES string of the molecule is O=C1c2ccccc2C(=Nc2ccc(S(=O)(=O)Nc3nccs3)cc2)C1c1ccccc1. The van der Waals surface area contributed by atoms with Crippen LogP contribution in [0.3, 0.4) is 0 Å². The van der Waals surface area contributed by atoms with E-state index in [0.29, 0.717) is 22.1 Å². The summed E-state index contributed by atoms with van der Waals surface area (Å²) in [5.41, 5.74) is 3.55. The Bertz CT molecular complexity index is 1410. The van der Waals surface area contributed by atoms with Gasteiger partial charge in [-0.3, -0.25) is 14.5 Å². The Morgan fingerprint density at radius 1 is 0.875 bits per heavy atom. The molecule has 6 nitrogen and oxygen atoms in total. The van der Waals surface area contributed by atoms with Gasteiger partial charge in [0.15, 0.2) is 10.9 Å². The summed E-state index contributed by atoms with van der Waals surface area (Å²) in [4.78, 5) is 22.0. The van der Waals surface area contributed by atoms with Crippen LogP contribution in [0, 0.1) is 0 Å². The van der Waals surface area contributed by atoms with Crippen LogP contribution >= 0.6 is 11.3 Å². The van der Waals surface area contributed by atoms with Crippen molar-refractivity contribution in [3.8, 4) is 0 Å². The average Bonchev–Trinajstić information content (AvgIpc) is 3.41. The number of hydrogen-bond acceptors (Lipinski definition) is 6. The van der Waals surface area contributed by atoms with Gasteiger partial charge < -0.3 is 0 Å². The molecule has 0 bridgehead atoms. The van der Waals surface area contributed by atoms with Gasteiger partial charge in [0.05, 0.1) is 22.2 Å². The van der Waals surface area contributed by atoms with E-state index >= 15 is 0 Å². The summed E-state index contributed by atoms with van der Waals surface area (Å²) in [5, 5.41) is 2.00. The molecule has 158 valence electrons. The van der Waals surface area contributed by atoms with Crippen LogP contribution in [-0.4, -0.2) is 24.9 Å². The highest BCUT2D eigenvalue weighted by Gasteiger charge is 2.37. The van der Waals surface area contributed by atoms with E-state index in [1.54, 1.807) is 17.5 Å². The van der Waals surface area contributed by atoms with E-state index in [-0.39, 0.29) is 10.7 Å². The van der Waals surface area contributed by atoms with E-state index < -0.39 is 15.9 Å². The second kappa shape index (κ2) is 8.14. The number of aromatic nitrogens is 1. The number of carbonyl (C=O) groups excluding carboxylic acids is 1. The maximum absolute atomic E-state index is 13.2. The molecule has 1 N–H and O–H groups in total. The van der Waals surface area contributed by atoms with Gasteiger partial charge in [0.1, 0.15) is 0 Å². The third kappa shape index (κ3) is 3.74. The van der Waals surface area contributed by atoms with Gasteiger partial charge >= 0.3 is 0 Å². The number of sulfonamides is 1. The van der Waals surface area contributed by atoms with Crippen LogP contribution in [0.1, 0.15) is 27.4 Å². The molecule has 0 aliphatic heterocycles. The fraction of sp³-hybridized carbons (Fsp3) is 0.0417. The lowest BCUT2D eigenvalue weighted by Crippen LogP contribution is -2.13. The molecule has 8 heteroatoms. The highest BCUT2D eigenvalue weighted by molar-refractivity contribution is 7.93. The fourth-order valence-corrected chi connectivity index (χ4v) is 5.51. The van der Waals surface area contributed by atoms with Gasteiger partial charge in [0.25, 0.3) is 10.0 Å². The normalized spacial score (nSPS) is 16.8. The summed E-state index contributed by atoms with van der Waals surface area (Å²) in [6.07, 6.45) is 1.53. The number of fused-ring (bicyclic) bond motifs is 1. The number of nitrogens with one attached hydrogen (secondary N) is 1. The molecule has 4 aromatic rings. The second-order valence-electron chi connectivity index (χ2n) is 7.19. The minimum absolute atomic E-state index is 0.0115. The Labute approximate surface area is 189 Å². The van der Waals surface area contributed by atoms with Crippen LogP contribution in [-0.2, 0) is 10.0 Å². The summed E-state index contributed by atoms with van der Waals surface area (Å²) < 4.78 is 27.6. The van der Waals surface area contributed by atoms with Crippen molar-refractivity contribution in [2.45, 2.75) is 10.8 Å². The Morgan fingerprint density at radius 3 is 2.25 bits per heavy atom. The van der Waals surface area contributed by atoms with E-state index in [1.165, 1.54) is 29.7 Å². The largest absolute Gasteiger partial charge is 0.293 e. The van der Waals surface area contributed by atoms with E-state index in [1.807, 2.05) is 54.6 Å². The van der Waals surface area contributed by atoms with Crippen molar-refractivity contribution in [3.05, 3.63) is 107 Å². The Morgan fingerprint density at radius 2 is 1.56 bits per heavy atom. The molecule has 0 spiro atoms. The lowest BCUT2D eigenvalue weighted by atomic mass is 9.93. The van der Waals surface area contributed by atoms with Gasteiger partial charge in [0, 0.05) is 22.7 Å². The van der Waals surface area contributed by atoms with Crippen LogP contribution < -0.4 is 4.72 Å². The molecule has 5 rings (SSSR count). The van der Waals surface area contributed by atoms with Gasteiger partial charge in [-0.05, 0) is 29.8 Å². The summed E-state index contributed by atoms with van der Waals surface area (Å²) in [6, 6.07) is 23.3. The predicted molar refractivity (Wildman–Crippen MR) is 126 cm³/mol. The third-order valence-electron chi connectivity index (χ3n) is 5.19. The van der Waals surface area contributed by atoms with Crippen molar-refractivity contribution in [1.82, 2.24) is 4.98 Å². The number of rotatable bonds is 5. The topological polar surface area (TPSA) is 88.5 Å². The lowest BCUT2D eigenvalue weighted by molar-refractivity contribution is 0.0988. The number of hydrogen-bond donors (Lipinski definition) is 1. The van der Waals surface area contributed by atoms with Crippen molar-refractivity contribution in [1.29, 1.82) is 0 Å². The van der Waals surface area contributed by atoms with Crippen LogP contribution in [0.15, 0.2) is 100 Å². The molecule has 32 heavy (non-hydrogen) atoms. The zero-order chi connectivity index (χ0) is 22.1. The molecule has 0 amide bonds. The van der Waals surface area contributed by atoms with Crippen molar-refractivity contribution in [2.24, 2.45) is 4.99 Å². The minimum atomic E-state index is -3.74. The number of thiazole rings is 1. The number of aliphatic imine (C=N–C) groups is 1. The summed E-state index contributed by atoms with van der Waals surface area (Å²) in [5.74, 6) is -0.485. The lowest BCUT2D eigenvalue weighted by Gasteiger charge is -2.11. The van der Waals surface area contributed by atoms with Crippen molar-refractivity contribution < 1.29 is 13.2 Å². The molecule has 1 atom stereocenters. The van der Waals surface area contributed by atoms with Crippen LogP contribution in [0.2, 0.25) is 0 Å². The first kappa shape index (κ1) is 20.3. The number of carbonyl (C=O) groups is 1. The summed E-state index contributed by atoms with van der Waals surface area (Å²) in [6.45, 7) is 0. The van der Waals surface area contributed by atoms with Gasteiger partial charge in [-0.15, -0.1) is 11.3 Å². The Balaban J connectivity index is 1.52. The first-order valence-electron chi connectivity index (χ1n) is 9.82. The maximum Gasteiger partial charge on any atom is 0.263 e. The highest BCUT2D eigenvalue weighted by Crippen LogP contribution is 2.36. The van der Waals surface area contributed by atoms with Crippen molar-refractivity contribution >= 4 is 43.7 Å².